The minimum Gasteiger partial charge on any atom is -0.361 e. The molecular formula is C18H23N3O2S. The van der Waals surface area contributed by atoms with Gasteiger partial charge in [0.1, 0.15) is 5.76 Å². The molecule has 4 rings (SSSR count). The van der Waals surface area contributed by atoms with Gasteiger partial charge in [0.2, 0.25) is 0 Å². The van der Waals surface area contributed by atoms with E-state index >= 15 is 0 Å². The van der Waals surface area contributed by atoms with Crippen molar-refractivity contribution in [3.63, 3.8) is 0 Å². The molecule has 6 heteroatoms. The molecule has 0 aromatic carbocycles. The zero-order valence-corrected chi connectivity index (χ0v) is 15.0. The Balaban J connectivity index is 1.45. The number of carbonyl (C=O) groups excluding carboxylic acids is 1. The number of nitrogens with one attached hydrogen (secondary N) is 1. The van der Waals surface area contributed by atoms with Crippen molar-refractivity contribution in [2.45, 2.75) is 58.7 Å². The summed E-state index contributed by atoms with van der Waals surface area (Å²) in [5, 5.41) is 9.25. The summed E-state index contributed by atoms with van der Waals surface area (Å²) in [5.74, 6) is 1.03. The van der Waals surface area contributed by atoms with Crippen LogP contribution in [0.1, 0.15) is 57.1 Å². The number of hydrogen-bond donors (Lipinski definition) is 1. The molecule has 2 aromatic rings. The van der Waals surface area contributed by atoms with Crippen LogP contribution >= 0.6 is 11.3 Å². The zero-order chi connectivity index (χ0) is 16.7. The van der Waals surface area contributed by atoms with Crippen LogP contribution in [0.4, 0.5) is 0 Å². The van der Waals surface area contributed by atoms with Crippen LogP contribution in [0.25, 0.3) is 0 Å². The predicted octanol–water partition coefficient (Wildman–Crippen LogP) is 3.19. The number of fused-ring (bicyclic) bond motifs is 1. The van der Waals surface area contributed by atoms with Crippen molar-refractivity contribution < 1.29 is 9.32 Å². The molecule has 1 amide bonds. The van der Waals surface area contributed by atoms with E-state index in [2.05, 4.69) is 15.4 Å². The van der Waals surface area contributed by atoms with Crippen molar-refractivity contribution in [1.29, 1.82) is 0 Å². The third kappa shape index (κ3) is 2.89. The van der Waals surface area contributed by atoms with Crippen LogP contribution < -0.4 is 5.32 Å². The molecule has 1 aliphatic heterocycles. The quantitative estimate of drug-likeness (QED) is 0.924. The Labute approximate surface area is 146 Å². The molecule has 0 atom stereocenters. The molecule has 5 nitrogen and oxygen atoms in total. The molecule has 0 spiro atoms. The summed E-state index contributed by atoms with van der Waals surface area (Å²) in [6.45, 7) is 6.70. The second-order valence-electron chi connectivity index (χ2n) is 6.92. The Morgan fingerprint density at radius 3 is 2.96 bits per heavy atom. The first-order valence-corrected chi connectivity index (χ1v) is 9.54. The van der Waals surface area contributed by atoms with E-state index in [1.54, 1.807) is 11.3 Å². The van der Waals surface area contributed by atoms with Crippen molar-refractivity contribution in [3.8, 4) is 0 Å². The number of thiophene rings is 1. The van der Waals surface area contributed by atoms with Gasteiger partial charge in [-0.25, -0.2) is 0 Å². The van der Waals surface area contributed by atoms with Crippen molar-refractivity contribution in [3.05, 3.63) is 38.4 Å². The van der Waals surface area contributed by atoms with Crippen LogP contribution in [0.3, 0.4) is 0 Å². The molecular weight excluding hydrogens is 322 g/mol. The average molecular weight is 345 g/mol. The van der Waals surface area contributed by atoms with E-state index in [1.165, 1.54) is 22.4 Å². The molecule has 2 aliphatic rings. The molecule has 3 heterocycles. The first-order chi connectivity index (χ1) is 11.6. The molecule has 24 heavy (non-hydrogen) atoms. The van der Waals surface area contributed by atoms with E-state index in [-0.39, 0.29) is 5.91 Å². The van der Waals surface area contributed by atoms with Crippen LogP contribution in [0, 0.1) is 13.8 Å². The molecule has 1 fully saturated rings. The lowest BCUT2D eigenvalue weighted by molar-refractivity contribution is 0.0915. The second-order valence-corrected chi connectivity index (χ2v) is 7.88. The van der Waals surface area contributed by atoms with Gasteiger partial charge < -0.3 is 9.84 Å². The maximum atomic E-state index is 12.5. The Morgan fingerprint density at radius 1 is 1.46 bits per heavy atom. The molecule has 0 radical (unpaired) electrons. The maximum absolute atomic E-state index is 12.5. The van der Waals surface area contributed by atoms with E-state index in [0.29, 0.717) is 6.04 Å². The fourth-order valence-electron chi connectivity index (χ4n) is 3.47. The van der Waals surface area contributed by atoms with Gasteiger partial charge in [0, 0.05) is 41.5 Å². The van der Waals surface area contributed by atoms with Crippen LogP contribution in [-0.2, 0) is 19.5 Å². The Morgan fingerprint density at radius 2 is 2.29 bits per heavy atom. The fraction of sp³-hybridized carbons (Fsp3) is 0.556. The van der Waals surface area contributed by atoms with Gasteiger partial charge in [0.15, 0.2) is 0 Å². The summed E-state index contributed by atoms with van der Waals surface area (Å²) in [7, 11) is 0. The molecule has 0 unspecified atom stereocenters. The highest BCUT2D eigenvalue weighted by atomic mass is 32.1. The van der Waals surface area contributed by atoms with Gasteiger partial charge in [0.25, 0.3) is 5.91 Å². The summed E-state index contributed by atoms with van der Waals surface area (Å²) in [6, 6.07) is 0.396. The van der Waals surface area contributed by atoms with Gasteiger partial charge >= 0.3 is 0 Å². The Hall–Kier alpha value is -1.66. The summed E-state index contributed by atoms with van der Waals surface area (Å²) in [4.78, 5) is 16.2. The minimum atomic E-state index is 0.122. The Kier molecular flexibility index (Phi) is 4.18. The summed E-state index contributed by atoms with van der Waals surface area (Å²) in [6.07, 6.45) is 4.44. The first kappa shape index (κ1) is 15.8. The standard InChI is InChI=1S/C18H23N3O2S/c1-11-15(12(2)23-20-11)8-21-7-6-14-16(10-24-17(14)9-21)18(22)19-13-4-3-5-13/h10,13H,3-9H2,1-2H3,(H,19,22). The molecule has 0 saturated heterocycles. The van der Waals surface area contributed by atoms with E-state index in [1.807, 2.05) is 19.2 Å². The third-order valence-electron chi connectivity index (χ3n) is 5.27. The largest absolute Gasteiger partial charge is 0.361 e. The molecule has 2 aromatic heterocycles. The number of aryl methyl sites for hydroxylation is 2. The van der Waals surface area contributed by atoms with E-state index < -0.39 is 0 Å². The van der Waals surface area contributed by atoms with E-state index in [0.717, 1.165) is 55.9 Å². The van der Waals surface area contributed by atoms with Gasteiger partial charge in [-0.1, -0.05) is 5.16 Å². The van der Waals surface area contributed by atoms with Gasteiger partial charge in [0.05, 0.1) is 11.3 Å². The smallest absolute Gasteiger partial charge is 0.252 e. The third-order valence-corrected chi connectivity index (χ3v) is 6.29. The zero-order valence-electron chi connectivity index (χ0n) is 14.2. The average Bonchev–Trinajstić information content (AvgIpc) is 3.09. The van der Waals surface area contributed by atoms with Gasteiger partial charge in [-0.05, 0) is 45.1 Å². The maximum Gasteiger partial charge on any atom is 0.252 e. The van der Waals surface area contributed by atoms with Gasteiger partial charge in [-0.3, -0.25) is 9.69 Å². The first-order valence-electron chi connectivity index (χ1n) is 8.66. The van der Waals surface area contributed by atoms with Crippen molar-refractivity contribution in [2.75, 3.05) is 6.54 Å². The van der Waals surface area contributed by atoms with Gasteiger partial charge in [-0.2, -0.15) is 0 Å². The second kappa shape index (κ2) is 6.33. The van der Waals surface area contributed by atoms with Crippen molar-refractivity contribution in [2.24, 2.45) is 0 Å². The number of amides is 1. The number of nitrogens with zero attached hydrogens (tertiary/aromatic N) is 2. The summed E-state index contributed by atoms with van der Waals surface area (Å²) in [5.41, 5.74) is 4.33. The highest BCUT2D eigenvalue weighted by molar-refractivity contribution is 7.10. The predicted molar refractivity (Wildman–Crippen MR) is 93.2 cm³/mol. The summed E-state index contributed by atoms with van der Waals surface area (Å²) >= 11 is 1.72. The lowest BCUT2D eigenvalue weighted by Gasteiger charge is -2.28. The normalized spacial score (nSPS) is 18.2. The van der Waals surface area contributed by atoms with Crippen LogP contribution in [-0.4, -0.2) is 28.6 Å². The molecule has 0 bridgehead atoms. The Bertz CT molecular complexity index is 741. The monoisotopic (exact) mass is 345 g/mol. The van der Waals surface area contributed by atoms with E-state index in [9.17, 15) is 4.79 Å². The highest BCUT2D eigenvalue weighted by Crippen LogP contribution is 2.30. The topological polar surface area (TPSA) is 58.4 Å². The van der Waals surface area contributed by atoms with Gasteiger partial charge in [-0.15, -0.1) is 11.3 Å². The lowest BCUT2D eigenvalue weighted by Crippen LogP contribution is -2.40. The fourth-order valence-corrected chi connectivity index (χ4v) is 4.59. The molecule has 1 saturated carbocycles. The molecule has 128 valence electrons. The minimum absolute atomic E-state index is 0.122. The van der Waals surface area contributed by atoms with E-state index in [4.69, 9.17) is 4.52 Å². The number of aromatic nitrogens is 1. The lowest BCUT2D eigenvalue weighted by atomic mass is 9.92. The highest BCUT2D eigenvalue weighted by Gasteiger charge is 2.27. The van der Waals surface area contributed by atoms with Crippen molar-refractivity contribution in [1.82, 2.24) is 15.4 Å². The number of carbonyl (C=O) groups is 1. The van der Waals surface area contributed by atoms with Crippen LogP contribution in [0.2, 0.25) is 0 Å². The number of rotatable bonds is 4. The molecule has 1 aliphatic carbocycles. The van der Waals surface area contributed by atoms with Crippen LogP contribution in [0.5, 0.6) is 0 Å². The van der Waals surface area contributed by atoms with Crippen LogP contribution in [0.15, 0.2) is 9.90 Å². The van der Waals surface area contributed by atoms with Crippen molar-refractivity contribution >= 4 is 17.2 Å². The SMILES string of the molecule is Cc1noc(C)c1CN1CCc2c(C(=O)NC3CCC3)csc2C1. The molecule has 1 N–H and O–H groups in total. The summed E-state index contributed by atoms with van der Waals surface area (Å²) < 4.78 is 5.27. The number of hydrogen-bond acceptors (Lipinski definition) is 5.